The highest BCUT2D eigenvalue weighted by Crippen LogP contribution is 2.68. The zero-order chi connectivity index (χ0) is 24.9. The Kier molecular flexibility index (Phi) is 5.01. The minimum absolute atomic E-state index is 0.0369. The lowest BCUT2D eigenvalue weighted by Gasteiger charge is -2.43. The number of nitrogens with one attached hydrogen (secondary N) is 1. The predicted octanol–water partition coefficient (Wildman–Crippen LogP) is 4.83. The molecule has 3 fully saturated rings. The summed E-state index contributed by atoms with van der Waals surface area (Å²) in [5, 5.41) is 1.70. The first-order valence-electron chi connectivity index (χ1n) is 12.1. The lowest BCUT2D eigenvalue weighted by atomic mass is 9.68. The monoisotopic (exact) mass is 537 g/mol. The number of hydrogen-bond acceptors (Lipinski definition) is 6. The van der Waals surface area contributed by atoms with Crippen LogP contribution in [0.1, 0.15) is 22.8 Å². The molecule has 3 aromatic rings. The summed E-state index contributed by atoms with van der Waals surface area (Å²) in [4.78, 5) is 47.4. The molecule has 0 radical (unpaired) electrons. The normalized spacial score (nSPS) is 32.0. The summed E-state index contributed by atoms with van der Waals surface area (Å²) in [5.74, 6) is -0.314. The van der Waals surface area contributed by atoms with Gasteiger partial charge < -0.3 is 9.88 Å². The topological polar surface area (TPSA) is 73.5 Å². The van der Waals surface area contributed by atoms with E-state index >= 15 is 0 Å². The number of halogens is 1. The number of nitrogens with zero attached hydrogens (tertiary/aromatic N) is 2. The average molecular weight is 538 g/mol. The number of carbonyl (C=O) groups excluding carboxylic acids is 2. The maximum atomic E-state index is 13.8. The maximum Gasteiger partial charge on any atom is 0.305 e. The summed E-state index contributed by atoms with van der Waals surface area (Å²) in [6.45, 7) is 0. The minimum atomic E-state index is -0.305. The summed E-state index contributed by atoms with van der Waals surface area (Å²) in [6, 6.07) is 15.5. The van der Waals surface area contributed by atoms with E-state index in [0.717, 1.165) is 22.0 Å². The number of aromatic nitrogens is 1. The zero-order valence-corrected chi connectivity index (χ0v) is 22.1. The molecular formula is C27H24ClN3O3S2. The fourth-order valence-electron chi connectivity index (χ4n) is 7.21. The fourth-order valence-corrected chi connectivity index (χ4v) is 10.2. The van der Waals surface area contributed by atoms with Gasteiger partial charge in [0.25, 0.3) is 0 Å². The molecule has 2 saturated carbocycles. The van der Waals surface area contributed by atoms with Crippen LogP contribution in [-0.4, -0.2) is 36.1 Å². The second-order valence-corrected chi connectivity index (χ2v) is 13.1. The Hall–Kier alpha value is -2.55. The number of aromatic amines is 1. The van der Waals surface area contributed by atoms with Gasteiger partial charge in [0.15, 0.2) is 0 Å². The van der Waals surface area contributed by atoms with Crippen LogP contribution in [0.3, 0.4) is 0 Å². The fraction of sp³-hybridized carbons (Fsp3) is 0.370. The molecule has 0 spiro atoms. The van der Waals surface area contributed by atoms with Crippen molar-refractivity contribution in [2.24, 2.45) is 29.6 Å². The van der Waals surface area contributed by atoms with E-state index < -0.39 is 0 Å². The molecule has 184 valence electrons. The second kappa shape index (κ2) is 7.97. The minimum Gasteiger partial charge on any atom is -0.378 e. The first-order valence-corrected chi connectivity index (χ1v) is 14.2. The third-order valence-electron chi connectivity index (χ3n) is 8.58. The highest BCUT2D eigenvalue weighted by atomic mass is 35.5. The molecule has 2 bridgehead atoms. The van der Waals surface area contributed by atoms with Gasteiger partial charge in [-0.2, -0.15) is 0 Å². The Bertz CT molecular complexity index is 1450. The van der Waals surface area contributed by atoms with Crippen molar-refractivity contribution in [2.45, 2.75) is 22.6 Å². The Labute approximate surface area is 221 Å². The zero-order valence-electron chi connectivity index (χ0n) is 19.7. The van der Waals surface area contributed by atoms with Crippen LogP contribution < -0.4 is 14.7 Å². The van der Waals surface area contributed by atoms with Gasteiger partial charge in [-0.25, -0.2) is 0 Å². The van der Waals surface area contributed by atoms with Gasteiger partial charge in [0.1, 0.15) is 0 Å². The molecule has 2 aliphatic heterocycles. The lowest BCUT2D eigenvalue weighted by molar-refractivity contribution is -0.123. The number of rotatable bonds is 3. The van der Waals surface area contributed by atoms with Crippen LogP contribution in [0, 0.1) is 29.6 Å². The molecule has 1 aromatic heterocycles. The van der Waals surface area contributed by atoms with Crippen molar-refractivity contribution in [3.63, 3.8) is 0 Å². The van der Waals surface area contributed by atoms with Crippen LogP contribution >= 0.6 is 34.7 Å². The van der Waals surface area contributed by atoms with Crippen LogP contribution in [-0.2, 0) is 9.59 Å². The number of amides is 2. The van der Waals surface area contributed by atoms with E-state index in [9.17, 15) is 14.4 Å². The van der Waals surface area contributed by atoms with Crippen molar-refractivity contribution in [3.8, 4) is 0 Å². The number of benzene rings is 2. The van der Waals surface area contributed by atoms with Gasteiger partial charge in [-0.15, -0.1) is 11.8 Å². The molecule has 7 atom stereocenters. The first kappa shape index (κ1) is 22.6. The van der Waals surface area contributed by atoms with Crippen molar-refractivity contribution >= 4 is 57.9 Å². The van der Waals surface area contributed by atoms with Gasteiger partial charge in [-0.05, 0) is 66.1 Å². The SMILES string of the molecule is CN(C)c1ccc([C@H]2c3sc(=O)[nH]c3S[C@@H]3[C@H]4C[C@@H]([C@@H]5C(=O)N(c6ccc(Cl)cc6)C(=O)[C@@H]45)[C@@H]23)cc1. The van der Waals surface area contributed by atoms with Crippen LogP contribution in [0.25, 0.3) is 0 Å². The largest absolute Gasteiger partial charge is 0.378 e. The van der Waals surface area contributed by atoms with Crippen molar-refractivity contribution in [1.82, 2.24) is 4.98 Å². The highest BCUT2D eigenvalue weighted by molar-refractivity contribution is 8.00. The molecule has 4 aliphatic rings. The number of thiazole rings is 1. The molecule has 2 aliphatic carbocycles. The summed E-state index contributed by atoms with van der Waals surface area (Å²) in [7, 11) is 4.03. The predicted molar refractivity (Wildman–Crippen MR) is 143 cm³/mol. The number of thioether (sulfide) groups is 1. The molecule has 36 heavy (non-hydrogen) atoms. The number of imide groups is 1. The Morgan fingerprint density at radius 3 is 2.28 bits per heavy atom. The van der Waals surface area contributed by atoms with E-state index in [1.807, 2.05) is 14.1 Å². The van der Waals surface area contributed by atoms with E-state index in [4.69, 9.17) is 11.6 Å². The Morgan fingerprint density at radius 1 is 0.944 bits per heavy atom. The molecular weight excluding hydrogens is 514 g/mol. The van der Waals surface area contributed by atoms with Crippen molar-refractivity contribution in [1.29, 1.82) is 0 Å². The number of carbonyl (C=O) groups is 2. The van der Waals surface area contributed by atoms with Crippen LogP contribution in [0.2, 0.25) is 5.02 Å². The van der Waals surface area contributed by atoms with Crippen molar-refractivity contribution in [3.05, 3.63) is 73.7 Å². The van der Waals surface area contributed by atoms with E-state index in [1.165, 1.54) is 21.8 Å². The second-order valence-electron chi connectivity index (χ2n) is 10.4. The van der Waals surface area contributed by atoms with Gasteiger partial charge in [0.05, 0.1) is 22.5 Å². The number of fused-ring (bicyclic) bond motifs is 9. The molecule has 1 saturated heterocycles. The number of anilines is 2. The Balaban J connectivity index is 1.31. The molecule has 6 nitrogen and oxygen atoms in total. The molecule has 2 aromatic carbocycles. The van der Waals surface area contributed by atoms with Crippen molar-refractivity contribution in [2.75, 3.05) is 23.9 Å². The highest BCUT2D eigenvalue weighted by Gasteiger charge is 2.69. The maximum absolute atomic E-state index is 13.8. The quantitative estimate of drug-likeness (QED) is 0.484. The summed E-state index contributed by atoms with van der Waals surface area (Å²) >= 11 is 9.06. The number of hydrogen-bond donors (Lipinski definition) is 1. The van der Waals surface area contributed by atoms with Gasteiger partial charge in [-0.1, -0.05) is 35.1 Å². The third kappa shape index (κ3) is 3.07. The molecule has 3 heterocycles. The summed E-state index contributed by atoms with van der Waals surface area (Å²) in [5.41, 5.74) is 2.88. The summed E-state index contributed by atoms with van der Waals surface area (Å²) < 4.78 is 0. The average Bonchev–Trinajstić information content (AvgIpc) is 3.59. The van der Waals surface area contributed by atoms with E-state index in [-0.39, 0.29) is 57.4 Å². The van der Waals surface area contributed by atoms with Gasteiger partial charge >= 0.3 is 4.87 Å². The molecule has 9 heteroatoms. The van der Waals surface area contributed by atoms with Crippen LogP contribution in [0.4, 0.5) is 11.4 Å². The van der Waals surface area contributed by atoms with Crippen LogP contribution in [0.5, 0.6) is 0 Å². The van der Waals surface area contributed by atoms with E-state index in [1.54, 1.807) is 36.0 Å². The number of H-pyrrole nitrogens is 1. The molecule has 0 unspecified atom stereocenters. The standard InChI is InChI=1S/C27H24ClN3O3S2/c1-30(2)14-7-3-12(4-8-14)18-19-16-11-17(22(19)35-24-23(18)36-27(34)29-24)21-20(16)25(32)31(26(21)33)15-9-5-13(28)6-10-15/h3-10,16-22H,11H2,1-2H3,(H,29,34)/t16-,17+,18-,19+,20+,21+,22-/m1/s1. The molecule has 1 N–H and O–H groups in total. The van der Waals surface area contributed by atoms with E-state index in [0.29, 0.717) is 10.7 Å². The van der Waals surface area contributed by atoms with E-state index in [2.05, 4.69) is 34.1 Å². The first-order chi connectivity index (χ1) is 17.3. The smallest absolute Gasteiger partial charge is 0.305 e. The molecule has 2 amide bonds. The third-order valence-corrected chi connectivity index (χ3v) is 11.4. The van der Waals surface area contributed by atoms with Gasteiger partial charge in [0, 0.05) is 40.9 Å². The van der Waals surface area contributed by atoms with Gasteiger partial charge in [0.2, 0.25) is 11.8 Å². The lowest BCUT2D eigenvalue weighted by Crippen LogP contribution is -2.42. The summed E-state index contributed by atoms with van der Waals surface area (Å²) in [6.07, 6.45) is 0.884. The van der Waals surface area contributed by atoms with Crippen LogP contribution in [0.15, 0.2) is 58.4 Å². The molecule has 7 rings (SSSR count). The van der Waals surface area contributed by atoms with Gasteiger partial charge in [-0.3, -0.25) is 19.3 Å². The van der Waals surface area contributed by atoms with Crippen molar-refractivity contribution < 1.29 is 9.59 Å². The Morgan fingerprint density at radius 2 is 1.61 bits per heavy atom.